The lowest BCUT2D eigenvalue weighted by Crippen LogP contribution is -2.41. The Kier molecular flexibility index (Phi) is 9.72. The molecule has 4 N–H and O–H groups in total. The Morgan fingerprint density at radius 1 is 1.33 bits per heavy atom. The van der Waals surface area contributed by atoms with E-state index >= 15 is 0 Å². The number of rotatable bonds is 13. The molecule has 0 aliphatic heterocycles. The van der Waals surface area contributed by atoms with Crippen LogP contribution >= 0.6 is 0 Å². The van der Waals surface area contributed by atoms with Gasteiger partial charge in [0.25, 0.3) is 5.69 Å². The first-order valence-corrected chi connectivity index (χ1v) is 8.24. The second-order valence-corrected chi connectivity index (χ2v) is 5.30. The molecule has 1 aromatic rings. The number of amides is 1. The standard InChI is InChI=1S/C16H23N3O8/c1-2-27-11-3-4-12(14(9-11)19(24)25)18-15(21)10-13(16(22)23)17-5-7-26-8-6-20/h3-4,9,13,17,20H,2,5-8,10H2,1H3,(H,18,21)(H,22,23)/t13-/m0/s1. The largest absolute Gasteiger partial charge is 0.494 e. The summed E-state index contributed by atoms with van der Waals surface area (Å²) in [5.74, 6) is -1.65. The zero-order valence-corrected chi connectivity index (χ0v) is 14.8. The van der Waals surface area contributed by atoms with Crippen LogP contribution in [0, 0.1) is 10.1 Å². The first-order valence-electron chi connectivity index (χ1n) is 8.24. The van der Waals surface area contributed by atoms with Gasteiger partial charge in [-0.1, -0.05) is 0 Å². The molecule has 0 aliphatic carbocycles. The molecule has 1 amide bonds. The van der Waals surface area contributed by atoms with Gasteiger partial charge in [0.05, 0.1) is 43.8 Å². The number of carbonyl (C=O) groups is 2. The van der Waals surface area contributed by atoms with Gasteiger partial charge in [-0.3, -0.25) is 19.7 Å². The van der Waals surface area contributed by atoms with Crippen molar-refractivity contribution in [1.82, 2.24) is 5.32 Å². The Hall–Kier alpha value is -2.76. The van der Waals surface area contributed by atoms with Gasteiger partial charge in [-0.2, -0.15) is 0 Å². The fourth-order valence-electron chi connectivity index (χ4n) is 2.13. The van der Waals surface area contributed by atoms with Crippen LogP contribution in [0.15, 0.2) is 18.2 Å². The van der Waals surface area contributed by atoms with Crippen molar-refractivity contribution in [2.45, 2.75) is 19.4 Å². The van der Waals surface area contributed by atoms with Crippen LogP contribution in [-0.4, -0.2) is 66.0 Å². The van der Waals surface area contributed by atoms with Crippen molar-refractivity contribution < 1.29 is 34.2 Å². The van der Waals surface area contributed by atoms with Gasteiger partial charge in [0.1, 0.15) is 17.5 Å². The number of aliphatic hydroxyl groups excluding tert-OH is 1. The lowest BCUT2D eigenvalue weighted by atomic mass is 10.2. The van der Waals surface area contributed by atoms with E-state index in [0.29, 0.717) is 6.61 Å². The quantitative estimate of drug-likeness (QED) is 0.214. The number of carboxylic acids is 1. The highest BCUT2D eigenvalue weighted by Crippen LogP contribution is 2.29. The number of ether oxygens (including phenoxy) is 2. The van der Waals surface area contributed by atoms with Crippen molar-refractivity contribution in [3.63, 3.8) is 0 Å². The number of nitrogens with zero attached hydrogens (tertiary/aromatic N) is 1. The van der Waals surface area contributed by atoms with Crippen molar-refractivity contribution in [3.05, 3.63) is 28.3 Å². The van der Waals surface area contributed by atoms with Crippen molar-refractivity contribution in [2.24, 2.45) is 0 Å². The molecule has 0 saturated carbocycles. The number of carboxylic acid groups (broad SMARTS) is 1. The minimum atomic E-state index is -1.24. The fraction of sp³-hybridized carbons (Fsp3) is 0.500. The molecule has 0 aromatic heterocycles. The molecule has 150 valence electrons. The number of hydrogen-bond donors (Lipinski definition) is 4. The summed E-state index contributed by atoms with van der Waals surface area (Å²) in [6.45, 7) is 2.36. The summed E-state index contributed by atoms with van der Waals surface area (Å²) in [5, 5.41) is 33.9. The van der Waals surface area contributed by atoms with E-state index < -0.39 is 29.3 Å². The van der Waals surface area contributed by atoms with Crippen molar-refractivity contribution in [3.8, 4) is 5.75 Å². The molecule has 1 atom stereocenters. The molecule has 0 radical (unpaired) electrons. The number of aliphatic hydroxyl groups is 1. The van der Waals surface area contributed by atoms with Gasteiger partial charge in [0.15, 0.2) is 0 Å². The number of nitro groups is 1. The van der Waals surface area contributed by atoms with E-state index in [2.05, 4.69) is 10.6 Å². The number of aliphatic carboxylic acids is 1. The fourth-order valence-corrected chi connectivity index (χ4v) is 2.13. The maximum Gasteiger partial charge on any atom is 0.321 e. The molecule has 0 spiro atoms. The Morgan fingerprint density at radius 3 is 2.67 bits per heavy atom. The first kappa shape index (κ1) is 22.3. The van der Waals surface area contributed by atoms with E-state index in [1.54, 1.807) is 6.92 Å². The second-order valence-electron chi connectivity index (χ2n) is 5.30. The summed E-state index contributed by atoms with van der Waals surface area (Å²) in [6, 6.07) is 2.79. The number of nitro benzene ring substituents is 1. The summed E-state index contributed by atoms with van der Waals surface area (Å²) in [4.78, 5) is 33.9. The predicted molar refractivity (Wildman–Crippen MR) is 94.8 cm³/mol. The van der Waals surface area contributed by atoms with Crippen molar-refractivity contribution >= 4 is 23.3 Å². The SMILES string of the molecule is CCOc1ccc(NC(=O)C[C@H](NCCOCCO)C(=O)O)c([N+](=O)[O-])c1. The van der Waals surface area contributed by atoms with Crippen LogP contribution in [0.3, 0.4) is 0 Å². The van der Waals surface area contributed by atoms with Gasteiger partial charge in [0, 0.05) is 6.54 Å². The Labute approximate surface area is 155 Å². The number of carbonyl (C=O) groups excluding carboxylic acids is 1. The van der Waals surface area contributed by atoms with Crippen LogP contribution in [0.4, 0.5) is 11.4 Å². The molecule has 1 aromatic carbocycles. The van der Waals surface area contributed by atoms with Crippen LogP contribution in [0.1, 0.15) is 13.3 Å². The molecule has 11 heteroatoms. The lowest BCUT2D eigenvalue weighted by molar-refractivity contribution is -0.384. The van der Waals surface area contributed by atoms with E-state index in [0.717, 1.165) is 0 Å². The Balaban J connectivity index is 2.70. The van der Waals surface area contributed by atoms with Crippen LogP contribution in [0.25, 0.3) is 0 Å². The molecular weight excluding hydrogens is 362 g/mol. The normalized spacial score (nSPS) is 11.6. The topological polar surface area (TPSA) is 160 Å². The molecule has 0 heterocycles. The molecule has 0 fully saturated rings. The highest BCUT2D eigenvalue weighted by Gasteiger charge is 2.23. The summed E-state index contributed by atoms with van der Waals surface area (Å²) >= 11 is 0. The molecule has 27 heavy (non-hydrogen) atoms. The smallest absolute Gasteiger partial charge is 0.321 e. The third-order valence-corrected chi connectivity index (χ3v) is 3.31. The Morgan fingerprint density at radius 2 is 2.07 bits per heavy atom. The van der Waals surface area contributed by atoms with Gasteiger partial charge in [-0.15, -0.1) is 0 Å². The zero-order chi connectivity index (χ0) is 20.2. The number of nitrogens with one attached hydrogen (secondary N) is 2. The number of anilines is 1. The summed E-state index contributed by atoms with van der Waals surface area (Å²) in [5.41, 5.74) is -0.407. The molecule has 1 rings (SSSR count). The van der Waals surface area contributed by atoms with E-state index in [1.165, 1.54) is 18.2 Å². The monoisotopic (exact) mass is 385 g/mol. The maximum atomic E-state index is 12.1. The summed E-state index contributed by atoms with van der Waals surface area (Å²) in [6.07, 6.45) is -0.431. The minimum absolute atomic E-state index is 0.0520. The molecular formula is C16H23N3O8. The maximum absolute atomic E-state index is 12.1. The molecule has 0 bridgehead atoms. The van der Waals surface area contributed by atoms with Crippen LogP contribution in [0.2, 0.25) is 0 Å². The molecule has 11 nitrogen and oxygen atoms in total. The summed E-state index contributed by atoms with van der Waals surface area (Å²) < 4.78 is 10.2. The number of hydrogen-bond acceptors (Lipinski definition) is 8. The number of benzene rings is 1. The second kappa shape index (κ2) is 11.8. The zero-order valence-electron chi connectivity index (χ0n) is 14.8. The van der Waals surface area contributed by atoms with Gasteiger partial charge in [0.2, 0.25) is 5.91 Å². The third-order valence-electron chi connectivity index (χ3n) is 3.31. The lowest BCUT2D eigenvalue weighted by Gasteiger charge is -2.14. The average Bonchev–Trinajstić information content (AvgIpc) is 2.61. The Bertz CT molecular complexity index is 653. The minimum Gasteiger partial charge on any atom is -0.494 e. The van der Waals surface area contributed by atoms with E-state index in [4.69, 9.17) is 14.6 Å². The van der Waals surface area contributed by atoms with Gasteiger partial charge >= 0.3 is 5.97 Å². The molecule has 0 unspecified atom stereocenters. The molecule has 0 aliphatic rings. The summed E-state index contributed by atoms with van der Waals surface area (Å²) in [7, 11) is 0. The van der Waals surface area contributed by atoms with E-state index in [-0.39, 0.29) is 43.5 Å². The van der Waals surface area contributed by atoms with Crippen LogP contribution < -0.4 is 15.4 Å². The highest BCUT2D eigenvalue weighted by molar-refractivity contribution is 5.95. The van der Waals surface area contributed by atoms with E-state index in [1.807, 2.05) is 0 Å². The van der Waals surface area contributed by atoms with E-state index in [9.17, 15) is 24.8 Å². The molecule has 0 saturated heterocycles. The van der Waals surface area contributed by atoms with Crippen LogP contribution in [-0.2, 0) is 14.3 Å². The van der Waals surface area contributed by atoms with Crippen molar-refractivity contribution in [1.29, 1.82) is 0 Å². The highest BCUT2D eigenvalue weighted by atomic mass is 16.6. The van der Waals surface area contributed by atoms with Crippen LogP contribution in [0.5, 0.6) is 5.75 Å². The van der Waals surface area contributed by atoms with Crippen molar-refractivity contribution in [2.75, 3.05) is 38.3 Å². The van der Waals surface area contributed by atoms with Gasteiger partial charge in [-0.25, -0.2) is 0 Å². The first-order chi connectivity index (χ1) is 12.9. The third kappa shape index (κ3) is 7.98. The van der Waals surface area contributed by atoms with Gasteiger partial charge < -0.3 is 30.3 Å². The van der Waals surface area contributed by atoms with Gasteiger partial charge in [-0.05, 0) is 19.1 Å². The average molecular weight is 385 g/mol. The predicted octanol–water partition coefficient (Wildman–Crippen LogP) is 0.374.